The zero-order valence-corrected chi connectivity index (χ0v) is 12.7. The van der Waals surface area contributed by atoms with Gasteiger partial charge in [0.05, 0.1) is 0 Å². The molecule has 0 saturated heterocycles. The first-order chi connectivity index (χ1) is 8.50. The third-order valence-electron chi connectivity index (χ3n) is 3.27. The van der Waals surface area contributed by atoms with Crippen molar-refractivity contribution in [1.29, 1.82) is 0 Å². The van der Waals surface area contributed by atoms with Crippen molar-refractivity contribution in [3.05, 3.63) is 34.3 Å². The maximum Gasteiger partial charge on any atom is 0.0453 e. The van der Waals surface area contributed by atoms with Gasteiger partial charge >= 0.3 is 0 Å². The number of rotatable bonds is 7. The van der Waals surface area contributed by atoms with Crippen molar-refractivity contribution >= 4 is 11.6 Å². The molecular weight excluding hydrogens is 244 g/mol. The predicted octanol–water partition coefficient (Wildman–Crippen LogP) is 3.47. The molecule has 0 bridgehead atoms. The molecule has 0 aliphatic heterocycles. The lowest BCUT2D eigenvalue weighted by atomic mass is 10.1. The molecule has 1 N–H and O–H groups in total. The molecule has 0 fully saturated rings. The molecule has 0 spiro atoms. The molecule has 0 atom stereocenters. The van der Waals surface area contributed by atoms with Crippen molar-refractivity contribution in [3.63, 3.8) is 0 Å². The molecule has 0 amide bonds. The molecule has 0 unspecified atom stereocenters. The molecular formula is C15H25ClN2. The Balaban J connectivity index is 2.22. The number of hydrogen-bond donors (Lipinski definition) is 1. The van der Waals surface area contributed by atoms with Crippen LogP contribution in [0.4, 0.5) is 0 Å². The summed E-state index contributed by atoms with van der Waals surface area (Å²) in [6, 6.07) is 6.85. The van der Waals surface area contributed by atoms with Crippen LogP contribution in [-0.4, -0.2) is 31.1 Å². The van der Waals surface area contributed by atoms with E-state index in [1.54, 1.807) is 0 Å². The van der Waals surface area contributed by atoms with E-state index in [0.717, 1.165) is 31.1 Å². The van der Waals surface area contributed by atoms with E-state index in [1.165, 1.54) is 11.1 Å². The van der Waals surface area contributed by atoms with Crippen molar-refractivity contribution in [3.8, 4) is 0 Å². The van der Waals surface area contributed by atoms with E-state index in [4.69, 9.17) is 11.6 Å². The maximum atomic E-state index is 6.19. The minimum atomic E-state index is 0.622. The summed E-state index contributed by atoms with van der Waals surface area (Å²) in [5.41, 5.74) is 2.39. The zero-order chi connectivity index (χ0) is 13.5. The molecule has 0 aromatic heterocycles. The van der Waals surface area contributed by atoms with E-state index in [0.29, 0.717) is 6.04 Å². The van der Waals surface area contributed by atoms with Crippen LogP contribution in [-0.2, 0) is 6.54 Å². The molecule has 1 aromatic carbocycles. The van der Waals surface area contributed by atoms with Crippen LogP contribution in [0.3, 0.4) is 0 Å². The highest BCUT2D eigenvalue weighted by Gasteiger charge is 2.02. The molecule has 0 radical (unpaired) electrons. The van der Waals surface area contributed by atoms with Gasteiger partial charge in [-0.1, -0.05) is 23.7 Å². The number of halogens is 1. The van der Waals surface area contributed by atoms with Gasteiger partial charge in [-0.3, -0.25) is 0 Å². The third-order valence-corrected chi connectivity index (χ3v) is 3.62. The van der Waals surface area contributed by atoms with Crippen molar-refractivity contribution in [2.75, 3.05) is 20.1 Å². The molecule has 1 aromatic rings. The molecule has 0 aliphatic carbocycles. The van der Waals surface area contributed by atoms with Crippen LogP contribution in [0.25, 0.3) is 0 Å². The second-order valence-corrected chi connectivity index (χ2v) is 5.61. The fraction of sp³-hybridized carbons (Fsp3) is 0.600. The quantitative estimate of drug-likeness (QED) is 0.762. The lowest BCUT2D eigenvalue weighted by molar-refractivity contribution is 0.269. The van der Waals surface area contributed by atoms with Crippen LogP contribution in [0.1, 0.15) is 31.4 Å². The molecule has 0 saturated carbocycles. The second-order valence-electron chi connectivity index (χ2n) is 5.20. The molecule has 102 valence electrons. The zero-order valence-electron chi connectivity index (χ0n) is 12.0. The largest absolute Gasteiger partial charge is 0.313 e. The van der Waals surface area contributed by atoms with Crippen LogP contribution in [0.5, 0.6) is 0 Å². The minimum absolute atomic E-state index is 0.622. The standard InChI is InChI=1S/C15H25ClN2/c1-12(2)18(4)9-5-8-17-11-14-7-6-13(3)10-15(14)16/h6-7,10,12,17H,5,8-9,11H2,1-4H3. The topological polar surface area (TPSA) is 15.3 Å². The summed E-state index contributed by atoms with van der Waals surface area (Å²) in [6.07, 6.45) is 1.16. The minimum Gasteiger partial charge on any atom is -0.313 e. The van der Waals surface area contributed by atoms with Crippen molar-refractivity contribution in [1.82, 2.24) is 10.2 Å². The number of nitrogens with one attached hydrogen (secondary N) is 1. The van der Waals surface area contributed by atoms with Gasteiger partial charge in [-0.05, 0) is 64.5 Å². The summed E-state index contributed by atoms with van der Waals surface area (Å²) in [5, 5.41) is 4.31. The Morgan fingerprint density at radius 1 is 1.33 bits per heavy atom. The fourth-order valence-corrected chi connectivity index (χ4v) is 2.03. The lowest BCUT2D eigenvalue weighted by Gasteiger charge is -2.20. The average molecular weight is 269 g/mol. The van der Waals surface area contributed by atoms with Crippen LogP contribution in [0.2, 0.25) is 5.02 Å². The Morgan fingerprint density at radius 2 is 2.06 bits per heavy atom. The van der Waals surface area contributed by atoms with Crippen LogP contribution < -0.4 is 5.32 Å². The number of nitrogens with zero attached hydrogens (tertiary/aromatic N) is 1. The smallest absolute Gasteiger partial charge is 0.0453 e. The Bertz CT molecular complexity index is 364. The lowest BCUT2D eigenvalue weighted by Crippen LogP contribution is -2.29. The van der Waals surface area contributed by atoms with Crippen LogP contribution in [0, 0.1) is 6.92 Å². The van der Waals surface area contributed by atoms with Gasteiger partial charge < -0.3 is 10.2 Å². The Morgan fingerprint density at radius 3 is 2.67 bits per heavy atom. The summed E-state index contributed by atoms with van der Waals surface area (Å²) in [4.78, 5) is 2.36. The monoisotopic (exact) mass is 268 g/mol. The van der Waals surface area contributed by atoms with Crippen molar-refractivity contribution in [2.24, 2.45) is 0 Å². The van der Waals surface area contributed by atoms with Gasteiger partial charge in [0, 0.05) is 17.6 Å². The summed E-state index contributed by atoms with van der Waals surface area (Å²) >= 11 is 6.19. The summed E-state index contributed by atoms with van der Waals surface area (Å²) in [6.45, 7) is 9.52. The molecule has 0 heterocycles. The van der Waals surface area contributed by atoms with E-state index < -0.39 is 0 Å². The number of hydrogen-bond acceptors (Lipinski definition) is 2. The second kappa shape index (κ2) is 7.78. The summed E-state index contributed by atoms with van der Waals surface area (Å²) in [7, 11) is 2.17. The van der Waals surface area contributed by atoms with Crippen molar-refractivity contribution in [2.45, 2.75) is 39.8 Å². The summed E-state index contributed by atoms with van der Waals surface area (Å²) in [5.74, 6) is 0. The fourth-order valence-electron chi connectivity index (χ4n) is 1.73. The Hall–Kier alpha value is -0.570. The Kier molecular flexibility index (Phi) is 6.69. The summed E-state index contributed by atoms with van der Waals surface area (Å²) < 4.78 is 0. The van der Waals surface area contributed by atoms with E-state index >= 15 is 0 Å². The first kappa shape index (κ1) is 15.5. The first-order valence-corrected chi connectivity index (χ1v) is 7.04. The van der Waals surface area contributed by atoms with E-state index in [-0.39, 0.29) is 0 Å². The highest BCUT2D eigenvalue weighted by molar-refractivity contribution is 6.31. The SMILES string of the molecule is Cc1ccc(CNCCCN(C)C(C)C)c(Cl)c1. The van der Waals surface area contributed by atoms with E-state index in [1.807, 2.05) is 6.07 Å². The van der Waals surface area contributed by atoms with Gasteiger partial charge in [0.1, 0.15) is 0 Å². The number of benzene rings is 1. The Labute approximate surface area is 116 Å². The van der Waals surface area contributed by atoms with Gasteiger partial charge in [0.25, 0.3) is 0 Å². The molecule has 0 aliphatic rings. The van der Waals surface area contributed by atoms with Crippen molar-refractivity contribution < 1.29 is 0 Å². The molecule has 2 nitrogen and oxygen atoms in total. The van der Waals surface area contributed by atoms with Gasteiger partial charge in [0.2, 0.25) is 0 Å². The molecule has 3 heteroatoms. The van der Waals surface area contributed by atoms with E-state index in [2.05, 4.69) is 50.2 Å². The van der Waals surface area contributed by atoms with E-state index in [9.17, 15) is 0 Å². The molecule has 18 heavy (non-hydrogen) atoms. The highest BCUT2D eigenvalue weighted by Crippen LogP contribution is 2.17. The highest BCUT2D eigenvalue weighted by atomic mass is 35.5. The average Bonchev–Trinajstić information content (AvgIpc) is 2.30. The maximum absolute atomic E-state index is 6.19. The molecule has 1 rings (SSSR count). The predicted molar refractivity (Wildman–Crippen MR) is 80.3 cm³/mol. The van der Waals surface area contributed by atoms with Gasteiger partial charge in [-0.2, -0.15) is 0 Å². The first-order valence-electron chi connectivity index (χ1n) is 6.66. The van der Waals surface area contributed by atoms with Gasteiger partial charge in [-0.25, -0.2) is 0 Å². The normalized spacial score (nSPS) is 11.5. The van der Waals surface area contributed by atoms with Crippen LogP contribution in [0.15, 0.2) is 18.2 Å². The third kappa shape index (κ3) is 5.38. The van der Waals surface area contributed by atoms with Crippen LogP contribution >= 0.6 is 11.6 Å². The van der Waals surface area contributed by atoms with Gasteiger partial charge in [0.15, 0.2) is 0 Å². The van der Waals surface area contributed by atoms with Gasteiger partial charge in [-0.15, -0.1) is 0 Å². The number of aryl methyl sites for hydroxylation is 1.